The predicted molar refractivity (Wildman–Crippen MR) is 84.3 cm³/mol. The number of allylic oxidation sites excluding steroid dienone is 8. The Morgan fingerprint density at radius 2 is 2.05 bits per heavy atom. The van der Waals surface area contributed by atoms with Crippen molar-refractivity contribution >= 4 is 21.5 Å². The molecule has 0 amide bonds. The molecule has 0 fully saturated rings. The lowest BCUT2D eigenvalue weighted by Crippen LogP contribution is -2.03. The maximum Gasteiger partial charge on any atom is 0.263 e. The third-order valence-electron chi connectivity index (χ3n) is 4.57. The van der Waals surface area contributed by atoms with Crippen LogP contribution in [0.15, 0.2) is 64.2 Å². The van der Waals surface area contributed by atoms with E-state index >= 15 is 0 Å². The summed E-state index contributed by atoms with van der Waals surface area (Å²) < 4.78 is 27.6. The summed E-state index contributed by atoms with van der Waals surface area (Å²) in [6, 6.07) is 6.16. The van der Waals surface area contributed by atoms with Crippen LogP contribution in [-0.4, -0.2) is 6.43 Å². The SMILES string of the molecule is FC(F)C1=C2CC3C=CC=C3c3cc(Br)ccc3C2C=C1. The summed E-state index contributed by atoms with van der Waals surface area (Å²) in [5.74, 6) is 0.212. The van der Waals surface area contributed by atoms with Crippen LogP contribution in [0, 0.1) is 5.92 Å². The van der Waals surface area contributed by atoms with E-state index < -0.39 is 6.43 Å². The number of alkyl halides is 2. The van der Waals surface area contributed by atoms with Gasteiger partial charge in [-0.05, 0) is 40.8 Å². The van der Waals surface area contributed by atoms with Gasteiger partial charge >= 0.3 is 0 Å². The minimum atomic E-state index is -2.39. The summed E-state index contributed by atoms with van der Waals surface area (Å²) in [4.78, 5) is 0. The molecule has 3 aliphatic rings. The van der Waals surface area contributed by atoms with Crippen LogP contribution in [0.5, 0.6) is 0 Å². The molecule has 2 unspecified atom stereocenters. The van der Waals surface area contributed by atoms with Gasteiger partial charge in [0, 0.05) is 21.9 Å². The Morgan fingerprint density at radius 3 is 2.86 bits per heavy atom. The van der Waals surface area contributed by atoms with Crippen molar-refractivity contribution in [1.82, 2.24) is 0 Å². The van der Waals surface area contributed by atoms with Crippen LogP contribution >= 0.6 is 15.9 Å². The van der Waals surface area contributed by atoms with Crippen LogP contribution in [-0.2, 0) is 0 Å². The standard InChI is InChI=1S/C18H13BrF2/c19-11-4-5-13-14-6-7-15(18(20)21)16(14)8-10-2-1-3-12(10)17(13)9-11/h1-7,9-10,14,18H,8H2. The fraction of sp³-hybridized carbons (Fsp3) is 0.222. The van der Waals surface area contributed by atoms with Gasteiger partial charge in [0.1, 0.15) is 0 Å². The highest BCUT2D eigenvalue weighted by Gasteiger charge is 2.34. The van der Waals surface area contributed by atoms with Gasteiger partial charge in [-0.3, -0.25) is 0 Å². The van der Waals surface area contributed by atoms with Gasteiger partial charge in [-0.15, -0.1) is 0 Å². The summed E-state index contributed by atoms with van der Waals surface area (Å²) >= 11 is 3.52. The van der Waals surface area contributed by atoms with Crippen molar-refractivity contribution in [3.05, 3.63) is 75.3 Å². The molecule has 0 aliphatic heterocycles. The fourth-order valence-corrected chi connectivity index (χ4v) is 3.99. The van der Waals surface area contributed by atoms with Crippen molar-refractivity contribution < 1.29 is 8.78 Å². The summed E-state index contributed by atoms with van der Waals surface area (Å²) in [5, 5.41) is 0. The third kappa shape index (κ3) is 1.98. The minimum absolute atomic E-state index is 0.00278. The molecule has 1 aromatic carbocycles. The molecule has 0 bridgehead atoms. The lowest BCUT2D eigenvalue weighted by Gasteiger charge is -2.15. The summed E-state index contributed by atoms with van der Waals surface area (Å²) in [6.45, 7) is 0. The van der Waals surface area contributed by atoms with Crippen LogP contribution in [0.25, 0.3) is 5.57 Å². The second kappa shape index (κ2) is 4.77. The first-order valence-corrected chi connectivity index (χ1v) is 7.82. The Morgan fingerprint density at radius 1 is 1.19 bits per heavy atom. The van der Waals surface area contributed by atoms with Crippen molar-refractivity contribution in [2.24, 2.45) is 5.92 Å². The highest BCUT2D eigenvalue weighted by Crippen LogP contribution is 2.49. The Kier molecular flexibility index (Phi) is 3.00. The number of fused-ring (bicyclic) bond motifs is 5. The quantitative estimate of drug-likeness (QED) is 0.617. The largest absolute Gasteiger partial charge is 0.263 e. The van der Waals surface area contributed by atoms with Crippen molar-refractivity contribution in [1.29, 1.82) is 0 Å². The van der Waals surface area contributed by atoms with E-state index in [1.807, 2.05) is 18.2 Å². The van der Waals surface area contributed by atoms with Crippen molar-refractivity contribution in [2.45, 2.75) is 18.8 Å². The molecule has 3 heteroatoms. The molecule has 0 saturated heterocycles. The summed E-state index contributed by atoms with van der Waals surface area (Å²) in [6.07, 6.45) is 8.11. The Labute approximate surface area is 130 Å². The Bertz CT molecular complexity index is 738. The molecule has 0 saturated carbocycles. The smallest absolute Gasteiger partial charge is 0.205 e. The lowest BCUT2D eigenvalue weighted by atomic mass is 9.89. The van der Waals surface area contributed by atoms with Crippen LogP contribution in [0.2, 0.25) is 0 Å². The lowest BCUT2D eigenvalue weighted by molar-refractivity contribution is 0.192. The molecule has 3 aliphatic carbocycles. The zero-order valence-corrected chi connectivity index (χ0v) is 12.8. The van der Waals surface area contributed by atoms with E-state index in [9.17, 15) is 8.78 Å². The number of hydrogen-bond acceptors (Lipinski definition) is 0. The molecular formula is C18H13BrF2. The van der Waals surface area contributed by atoms with E-state index in [1.54, 1.807) is 6.08 Å². The molecule has 4 rings (SSSR count). The van der Waals surface area contributed by atoms with Crippen molar-refractivity contribution in [3.8, 4) is 0 Å². The monoisotopic (exact) mass is 346 g/mol. The van der Waals surface area contributed by atoms with Crippen LogP contribution in [0.1, 0.15) is 23.5 Å². The normalized spacial score (nSPS) is 25.8. The van der Waals surface area contributed by atoms with E-state index in [1.165, 1.54) is 11.1 Å². The second-order valence-corrected chi connectivity index (χ2v) is 6.58. The highest BCUT2D eigenvalue weighted by molar-refractivity contribution is 9.10. The molecular weight excluding hydrogens is 334 g/mol. The number of benzene rings is 1. The predicted octanol–water partition coefficient (Wildman–Crippen LogP) is 5.64. The molecule has 0 N–H and O–H groups in total. The highest BCUT2D eigenvalue weighted by atomic mass is 79.9. The van der Waals surface area contributed by atoms with Crippen LogP contribution in [0.4, 0.5) is 8.78 Å². The van der Waals surface area contributed by atoms with Crippen LogP contribution in [0.3, 0.4) is 0 Å². The molecule has 106 valence electrons. The van der Waals surface area contributed by atoms with Gasteiger partial charge in [0.2, 0.25) is 0 Å². The third-order valence-corrected chi connectivity index (χ3v) is 5.06. The van der Waals surface area contributed by atoms with Gasteiger partial charge in [-0.1, -0.05) is 52.4 Å². The molecule has 0 heterocycles. The first-order valence-electron chi connectivity index (χ1n) is 7.02. The molecule has 0 spiro atoms. The van der Waals surface area contributed by atoms with Gasteiger partial charge in [0.15, 0.2) is 0 Å². The minimum Gasteiger partial charge on any atom is -0.205 e. The number of hydrogen-bond donors (Lipinski definition) is 0. The van der Waals surface area contributed by atoms with Crippen molar-refractivity contribution in [2.75, 3.05) is 0 Å². The second-order valence-electron chi connectivity index (χ2n) is 5.67. The average Bonchev–Trinajstić information content (AvgIpc) is 3.04. The maximum absolute atomic E-state index is 13.3. The van der Waals surface area contributed by atoms with Gasteiger partial charge in [-0.25, -0.2) is 8.78 Å². The molecule has 1 aromatic rings. The van der Waals surface area contributed by atoms with Crippen molar-refractivity contribution in [3.63, 3.8) is 0 Å². The topological polar surface area (TPSA) is 0 Å². The Balaban J connectivity index is 1.95. The van der Waals surface area contributed by atoms with Crippen LogP contribution < -0.4 is 0 Å². The zero-order valence-electron chi connectivity index (χ0n) is 11.2. The molecule has 21 heavy (non-hydrogen) atoms. The van der Waals surface area contributed by atoms with E-state index in [2.05, 4.69) is 40.2 Å². The Hall–Kier alpha value is -1.48. The van der Waals surface area contributed by atoms with E-state index in [-0.39, 0.29) is 17.4 Å². The maximum atomic E-state index is 13.3. The molecule has 0 radical (unpaired) electrons. The first-order chi connectivity index (χ1) is 10.1. The molecule has 0 nitrogen and oxygen atoms in total. The average molecular weight is 347 g/mol. The summed E-state index contributed by atoms with van der Waals surface area (Å²) in [7, 11) is 0. The number of halogens is 3. The van der Waals surface area contributed by atoms with Gasteiger partial charge < -0.3 is 0 Å². The summed E-state index contributed by atoms with van der Waals surface area (Å²) in [5.41, 5.74) is 4.66. The van der Waals surface area contributed by atoms with E-state index in [0.29, 0.717) is 6.42 Å². The zero-order chi connectivity index (χ0) is 14.6. The van der Waals surface area contributed by atoms with Gasteiger partial charge in [0.25, 0.3) is 6.43 Å². The molecule has 0 aromatic heterocycles. The fourth-order valence-electron chi connectivity index (χ4n) is 3.63. The van der Waals surface area contributed by atoms with E-state index in [4.69, 9.17) is 0 Å². The van der Waals surface area contributed by atoms with Gasteiger partial charge in [-0.2, -0.15) is 0 Å². The molecule has 2 atom stereocenters. The van der Waals surface area contributed by atoms with Gasteiger partial charge in [0.05, 0.1) is 0 Å². The number of rotatable bonds is 1. The first kappa shape index (κ1) is 13.2. The van der Waals surface area contributed by atoms with E-state index in [0.717, 1.165) is 15.6 Å².